The number of aryl methyl sites for hydroxylation is 2. The summed E-state index contributed by atoms with van der Waals surface area (Å²) in [6, 6.07) is 11.7. The molecule has 30 heavy (non-hydrogen) atoms. The van der Waals surface area contributed by atoms with Gasteiger partial charge in [0, 0.05) is 43.7 Å². The first-order chi connectivity index (χ1) is 14.6. The first-order valence-corrected chi connectivity index (χ1v) is 10.8. The maximum absolute atomic E-state index is 12.5. The number of thioether (sulfide) groups is 1. The largest absolute Gasteiger partial charge is 0.415 e. The van der Waals surface area contributed by atoms with Crippen LogP contribution in [0.1, 0.15) is 29.7 Å². The molecule has 3 aromatic rings. The third kappa shape index (κ3) is 5.15. The monoisotopic (exact) mass is 424 g/mol. The maximum atomic E-state index is 12.5. The summed E-state index contributed by atoms with van der Waals surface area (Å²) in [5, 5.41) is 12.7. The van der Waals surface area contributed by atoms with Gasteiger partial charge in [-0.25, -0.2) is 9.48 Å². The number of rotatable bonds is 5. The van der Waals surface area contributed by atoms with E-state index in [0.29, 0.717) is 24.1 Å². The van der Waals surface area contributed by atoms with Crippen LogP contribution in [0.25, 0.3) is 0 Å². The van der Waals surface area contributed by atoms with E-state index in [9.17, 15) is 4.79 Å². The molecule has 3 heterocycles. The third-order valence-corrected chi connectivity index (χ3v) is 6.40. The second kappa shape index (κ2) is 9.25. The molecule has 4 rings (SSSR count). The van der Waals surface area contributed by atoms with Crippen LogP contribution in [0.2, 0.25) is 0 Å². The fourth-order valence-corrected chi connectivity index (χ4v) is 4.30. The van der Waals surface area contributed by atoms with Crippen molar-refractivity contribution in [3.05, 3.63) is 59.4 Å². The summed E-state index contributed by atoms with van der Waals surface area (Å²) in [7, 11) is 1.83. The molecule has 1 saturated heterocycles. The Morgan fingerprint density at radius 2 is 1.93 bits per heavy atom. The van der Waals surface area contributed by atoms with E-state index in [-0.39, 0.29) is 6.09 Å². The highest BCUT2D eigenvalue weighted by Gasteiger charge is 2.26. The first-order valence-electron chi connectivity index (χ1n) is 9.93. The van der Waals surface area contributed by atoms with Gasteiger partial charge in [0.2, 0.25) is 5.16 Å². The molecular weight excluding hydrogens is 400 g/mol. The molecule has 0 aliphatic carbocycles. The zero-order chi connectivity index (χ0) is 20.9. The normalized spacial score (nSPS) is 14.7. The van der Waals surface area contributed by atoms with Gasteiger partial charge in [0.15, 0.2) is 0 Å². The molecule has 1 fully saturated rings. The van der Waals surface area contributed by atoms with Crippen LogP contribution in [0.15, 0.2) is 47.8 Å². The van der Waals surface area contributed by atoms with E-state index in [2.05, 4.69) is 26.6 Å². The van der Waals surface area contributed by atoms with E-state index in [1.54, 1.807) is 21.3 Å². The lowest BCUT2D eigenvalue weighted by Crippen LogP contribution is -2.40. The quantitative estimate of drug-likeness (QED) is 0.621. The zero-order valence-corrected chi connectivity index (χ0v) is 17.9. The summed E-state index contributed by atoms with van der Waals surface area (Å²) in [5.41, 5.74) is 3.29. The number of carbonyl (C=O) groups excluding carboxylic acids is 1. The predicted octanol–water partition coefficient (Wildman–Crippen LogP) is 3.26. The van der Waals surface area contributed by atoms with Gasteiger partial charge in [-0.3, -0.25) is 4.98 Å². The molecule has 9 heteroatoms. The Hall–Kier alpha value is -2.94. The zero-order valence-electron chi connectivity index (χ0n) is 17.1. The fraction of sp³-hybridized carbons (Fsp3) is 0.381. The van der Waals surface area contributed by atoms with Crippen LogP contribution in [-0.4, -0.2) is 54.5 Å². The molecule has 0 unspecified atom stereocenters. The predicted molar refractivity (Wildman–Crippen MR) is 113 cm³/mol. The van der Waals surface area contributed by atoms with Crippen molar-refractivity contribution in [2.75, 3.05) is 13.1 Å². The number of nitrogens with zero attached hydrogens (tertiary/aromatic N) is 6. The van der Waals surface area contributed by atoms with Crippen molar-refractivity contribution < 1.29 is 9.53 Å². The van der Waals surface area contributed by atoms with Crippen molar-refractivity contribution in [2.45, 2.75) is 36.6 Å². The highest BCUT2D eigenvalue weighted by Crippen LogP contribution is 2.28. The van der Waals surface area contributed by atoms with Crippen molar-refractivity contribution in [1.82, 2.24) is 30.1 Å². The molecule has 0 radical (unpaired) electrons. The summed E-state index contributed by atoms with van der Waals surface area (Å²) in [5.74, 6) is 0.558. The number of benzene rings is 1. The smallest absolute Gasteiger partial charge is 0.410 e. The molecule has 0 N–H and O–H groups in total. The molecule has 2 aromatic heterocycles. The number of likely N-dealkylation sites (tertiary alicyclic amines) is 1. The van der Waals surface area contributed by atoms with Crippen LogP contribution in [0.4, 0.5) is 4.79 Å². The van der Waals surface area contributed by atoms with E-state index in [0.717, 1.165) is 41.2 Å². The van der Waals surface area contributed by atoms with Crippen molar-refractivity contribution in [3.63, 3.8) is 0 Å². The van der Waals surface area contributed by atoms with Crippen LogP contribution in [0.5, 0.6) is 5.75 Å². The summed E-state index contributed by atoms with van der Waals surface area (Å²) >= 11 is 1.66. The molecule has 1 amide bonds. The Morgan fingerprint density at radius 1 is 1.17 bits per heavy atom. The van der Waals surface area contributed by atoms with Crippen LogP contribution < -0.4 is 4.74 Å². The molecule has 8 nitrogen and oxygen atoms in total. The van der Waals surface area contributed by atoms with E-state index >= 15 is 0 Å². The van der Waals surface area contributed by atoms with Gasteiger partial charge in [-0.05, 0) is 59.5 Å². The third-order valence-electron chi connectivity index (χ3n) is 5.04. The lowest BCUT2D eigenvalue weighted by molar-refractivity contribution is 0.143. The minimum absolute atomic E-state index is 0.299. The Kier molecular flexibility index (Phi) is 6.27. The van der Waals surface area contributed by atoms with Crippen molar-refractivity contribution in [3.8, 4) is 5.75 Å². The Bertz CT molecular complexity index is 981. The average Bonchev–Trinajstić information content (AvgIpc) is 3.16. The summed E-state index contributed by atoms with van der Waals surface area (Å²) < 4.78 is 7.23. The number of ether oxygens (including phenoxy) is 1. The van der Waals surface area contributed by atoms with Gasteiger partial charge in [0.1, 0.15) is 5.75 Å². The highest BCUT2D eigenvalue weighted by molar-refractivity contribution is 7.99. The van der Waals surface area contributed by atoms with Crippen LogP contribution in [0, 0.1) is 6.92 Å². The lowest BCUT2D eigenvalue weighted by atomic mass is 10.1. The topological polar surface area (TPSA) is 86.0 Å². The Morgan fingerprint density at radius 3 is 2.57 bits per heavy atom. The van der Waals surface area contributed by atoms with Gasteiger partial charge < -0.3 is 9.64 Å². The number of amides is 1. The first kappa shape index (κ1) is 20.3. The number of tetrazole rings is 1. The summed E-state index contributed by atoms with van der Waals surface area (Å²) in [6.07, 6.45) is 4.09. The van der Waals surface area contributed by atoms with Gasteiger partial charge in [0.25, 0.3) is 0 Å². The molecule has 0 bridgehead atoms. The molecule has 1 aliphatic heterocycles. The van der Waals surface area contributed by atoms with Crippen LogP contribution in [-0.2, 0) is 13.5 Å². The Balaban J connectivity index is 1.26. The van der Waals surface area contributed by atoms with Gasteiger partial charge in [-0.15, -0.1) is 5.10 Å². The molecule has 0 spiro atoms. The van der Waals surface area contributed by atoms with Crippen LogP contribution in [0.3, 0.4) is 0 Å². The van der Waals surface area contributed by atoms with Crippen LogP contribution >= 0.6 is 11.8 Å². The number of piperidine rings is 1. The Labute approximate surface area is 179 Å². The number of pyridine rings is 1. The molecule has 156 valence electrons. The van der Waals surface area contributed by atoms with Gasteiger partial charge in [0.05, 0.1) is 0 Å². The second-order valence-corrected chi connectivity index (χ2v) is 8.67. The van der Waals surface area contributed by atoms with E-state index < -0.39 is 0 Å². The van der Waals surface area contributed by atoms with Gasteiger partial charge >= 0.3 is 6.09 Å². The standard InChI is InChI=1S/C21H24N6O2S/c1-15-3-6-17(22-14-15)13-16-4-7-18(8-5-16)29-21(28)27-11-9-19(10-12-27)30-20-23-24-25-26(20)2/h3-8,14,19H,9-13H2,1-2H3. The highest BCUT2D eigenvalue weighted by atomic mass is 32.2. The molecule has 1 aliphatic rings. The molecule has 1 aromatic carbocycles. The minimum atomic E-state index is -0.299. The van der Waals surface area contributed by atoms with Crippen molar-refractivity contribution >= 4 is 17.9 Å². The number of hydrogen-bond acceptors (Lipinski definition) is 7. The number of hydrogen-bond donors (Lipinski definition) is 0. The van der Waals surface area contributed by atoms with E-state index in [1.807, 2.05) is 50.5 Å². The number of carbonyl (C=O) groups is 1. The van der Waals surface area contributed by atoms with Gasteiger partial charge in [-0.1, -0.05) is 30.0 Å². The average molecular weight is 425 g/mol. The minimum Gasteiger partial charge on any atom is -0.410 e. The fourth-order valence-electron chi connectivity index (χ4n) is 3.28. The van der Waals surface area contributed by atoms with Crippen molar-refractivity contribution in [1.29, 1.82) is 0 Å². The lowest BCUT2D eigenvalue weighted by Gasteiger charge is -2.30. The van der Waals surface area contributed by atoms with E-state index in [4.69, 9.17) is 4.74 Å². The van der Waals surface area contributed by atoms with Gasteiger partial charge in [-0.2, -0.15) is 0 Å². The molecular formula is C21H24N6O2S. The second-order valence-electron chi connectivity index (χ2n) is 7.40. The summed E-state index contributed by atoms with van der Waals surface area (Å²) in [4.78, 5) is 18.7. The number of aromatic nitrogens is 5. The summed E-state index contributed by atoms with van der Waals surface area (Å²) in [6.45, 7) is 3.36. The SMILES string of the molecule is Cc1ccc(Cc2ccc(OC(=O)N3CCC(Sc4nnnn4C)CC3)cc2)nc1. The molecule has 0 atom stereocenters. The molecule has 0 saturated carbocycles. The van der Waals surface area contributed by atoms with E-state index in [1.165, 1.54) is 0 Å². The van der Waals surface area contributed by atoms with Crippen molar-refractivity contribution in [2.24, 2.45) is 7.05 Å². The maximum Gasteiger partial charge on any atom is 0.415 e.